The highest BCUT2D eigenvalue weighted by Crippen LogP contribution is 2.18. The van der Waals surface area contributed by atoms with E-state index >= 15 is 0 Å². The van der Waals surface area contributed by atoms with Crippen LogP contribution in [-0.2, 0) is 0 Å². The van der Waals surface area contributed by atoms with Crippen LogP contribution in [0.4, 0.5) is 5.82 Å². The first-order chi connectivity index (χ1) is 9.60. The minimum atomic E-state index is -0.0675. The van der Waals surface area contributed by atoms with Gasteiger partial charge in [-0.2, -0.15) is 0 Å². The van der Waals surface area contributed by atoms with Gasteiger partial charge in [-0.1, -0.05) is 0 Å². The van der Waals surface area contributed by atoms with Crippen LogP contribution in [0, 0.1) is 5.92 Å². The zero-order chi connectivity index (χ0) is 14.5. The van der Waals surface area contributed by atoms with Crippen LogP contribution >= 0.6 is 15.9 Å². The topological polar surface area (TPSA) is 57.3 Å². The predicted octanol–water partition coefficient (Wildman–Crippen LogP) is 1.96. The number of halogens is 1. The molecule has 110 valence electrons. The number of nitrogens with zero attached hydrogens (tertiary/aromatic N) is 2. The lowest BCUT2D eigenvalue weighted by Crippen LogP contribution is -2.37. The summed E-state index contributed by atoms with van der Waals surface area (Å²) in [6.07, 6.45) is 3.97. The van der Waals surface area contributed by atoms with Crippen molar-refractivity contribution in [1.29, 1.82) is 0 Å². The first kappa shape index (κ1) is 15.3. The minimum absolute atomic E-state index is 0.0675. The van der Waals surface area contributed by atoms with E-state index in [2.05, 4.69) is 43.5 Å². The monoisotopic (exact) mass is 340 g/mol. The number of amides is 1. The normalized spacial score (nSPS) is 16.9. The molecule has 0 spiro atoms. The fourth-order valence-electron chi connectivity index (χ4n) is 2.41. The second kappa shape index (κ2) is 7.04. The summed E-state index contributed by atoms with van der Waals surface area (Å²) < 4.78 is 0.806. The van der Waals surface area contributed by atoms with E-state index in [0.717, 1.165) is 36.9 Å². The third kappa shape index (κ3) is 3.93. The standard InChI is InChI=1S/C14H21BrN4O/c1-16-13-12(7-11(15)9-17-13)14(20)18-8-10-3-5-19(2)6-4-10/h7,9-10H,3-6,8H2,1-2H3,(H,16,17)(H,18,20). The highest BCUT2D eigenvalue weighted by Gasteiger charge is 2.18. The lowest BCUT2D eigenvalue weighted by Gasteiger charge is -2.29. The second-order valence-corrected chi connectivity index (χ2v) is 6.17. The van der Waals surface area contributed by atoms with Crippen LogP contribution in [0.25, 0.3) is 0 Å². The molecule has 1 aromatic heterocycles. The molecular weight excluding hydrogens is 320 g/mol. The molecule has 1 aliphatic heterocycles. The zero-order valence-electron chi connectivity index (χ0n) is 11.9. The number of aromatic nitrogens is 1. The van der Waals surface area contributed by atoms with Gasteiger partial charge in [-0.15, -0.1) is 0 Å². The van der Waals surface area contributed by atoms with Crippen LogP contribution in [0.5, 0.6) is 0 Å². The smallest absolute Gasteiger partial charge is 0.255 e. The van der Waals surface area contributed by atoms with Crippen LogP contribution in [0.1, 0.15) is 23.2 Å². The predicted molar refractivity (Wildman–Crippen MR) is 84.0 cm³/mol. The molecule has 2 N–H and O–H groups in total. The molecule has 5 nitrogen and oxygen atoms in total. The molecule has 0 bridgehead atoms. The summed E-state index contributed by atoms with van der Waals surface area (Å²) in [5.74, 6) is 1.12. The second-order valence-electron chi connectivity index (χ2n) is 5.26. The van der Waals surface area contributed by atoms with Crippen LogP contribution in [-0.4, -0.2) is 49.5 Å². The van der Waals surface area contributed by atoms with Gasteiger partial charge in [0, 0.05) is 24.3 Å². The number of hydrogen-bond donors (Lipinski definition) is 2. The lowest BCUT2D eigenvalue weighted by atomic mass is 9.97. The van der Waals surface area contributed by atoms with Crippen molar-refractivity contribution in [2.75, 3.05) is 39.0 Å². The lowest BCUT2D eigenvalue weighted by molar-refractivity contribution is 0.0939. The van der Waals surface area contributed by atoms with Crippen molar-refractivity contribution in [3.8, 4) is 0 Å². The van der Waals surface area contributed by atoms with Gasteiger partial charge in [0.2, 0.25) is 0 Å². The van der Waals surface area contributed by atoms with Gasteiger partial charge in [-0.3, -0.25) is 4.79 Å². The number of carbonyl (C=O) groups excluding carboxylic acids is 1. The van der Waals surface area contributed by atoms with E-state index in [1.807, 2.05) is 0 Å². The van der Waals surface area contributed by atoms with Crippen molar-refractivity contribution in [3.05, 3.63) is 22.3 Å². The van der Waals surface area contributed by atoms with E-state index in [4.69, 9.17) is 0 Å². The van der Waals surface area contributed by atoms with Gasteiger partial charge in [0.05, 0.1) is 5.56 Å². The maximum Gasteiger partial charge on any atom is 0.255 e. The van der Waals surface area contributed by atoms with Crippen LogP contribution in [0.3, 0.4) is 0 Å². The van der Waals surface area contributed by atoms with Crippen molar-refractivity contribution in [3.63, 3.8) is 0 Å². The number of hydrogen-bond acceptors (Lipinski definition) is 4. The van der Waals surface area contributed by atoms with Crippen molar-refractivity contribution in [1.82, 2.24) is 15.2 Å². The van der Waals surface area contributed by atoms with E-state index in [0.29, 0.717) is 17.3 Å². The molecule has 0 saturated carbocycles. The molecule has 2 heterocycles. The van der Waals surface area contributed by atoms with Crippen molar-refractivity contribution >= 4 is 27.7 Å². The first-order valence-electron chi connectivity index (χ1n) is 6.90. The summed E-state index contributed by atoms with van der Waals surface area (Å²) in [6, 6.07) is 1.79. The molecule has 1 aromatic rings. The molecule has 20 heavy (non-hydrogen) atoms. The average molecular weight is 341 g/mol. The molecule has 6 heteroatoms. The fraction of sp³-hybridized carbons (Fsp3) is 0.571. The SMILES string of the molecule is CNc1ncc(Br)cc1C(=O)NCC1CCN(C)CC1. The van der Waals surface area contributed by atoms with E-state index < -0.39 is 0 Å². The number of carbonyl (C=O) groups is 1. The first-order valence-corrected chi connectivity index (χ1v) is 7.69. The summed E-state index contributed by atoms with van der Waals surface area (Å²) in [5.41, 5.74) is 0.579. The Morgan fingerprint density at radius 3 is 2.85 bits per heavy atom. The Labute approximate surface area is 128 Å². The van der Waals surface area contributed by atoms with Crippen molar-refractivity contribution < 1.29 is 4.79 Å². The van der Waals surface area contributed by atoms with E-state index in [9.17, 15) is 4.79 Å². The quantitative estimate of drug-likeness (QED) is 0.879. The molecule has 1 saturated heterocycles. The molecule has 1 fully saturated rings. The Morgan fingerprint density at radius 1 is 1.50 bits per heavy atom. The van der Waals surface area contributed by atoms with Gasteiger partial charge in [0.25, 0.3) is 5.91 Å². The maximum absolute atomic E-state index is 12.3. The maximum atomic E-state index is 12.3. The van der Waals surface area contributed by atoms with Gasteiger partial charge in [0.15, 0.2) is 0 Å². The number of anilines is 1. The summed E-state index contributed by atoms with van der Waals surface area (Å²) in [7, 11) is 3.91. The highest BCUT2D eigenvalue weighted by atomic mass is 79.9. The molecule has 1 aliphatic rings. The zero-order valence-corrected chi connectivity index (χ0v) is 13.5. The van der Waals surface area contributed by atoms with Gasteiger partial charge >= 0.3 is 0 Å². The number of pyridine rings is 1. The Bertz CT molecular complexity index is 472. The van der Waals surface area contributed by atoms with E-state index in [1.165, 1.54) is 0 Å². The Morgan fingerprint density at radius 2 is 2.20 bits per heavy atom. The molecule has 0 aromatic carbocycles. The average Bonchev–Trinajstić information content (AvgIpc) is 2.46. The summed E-state index contributed by atoms with van der Waals surface area (Å²) in [6.45, 7) is 2.96. The Balaban J connectivity index is 1.93. The molecular formula is C14H21BrN4O. The summed E-state index contributed by atoms with van der Waals surface area (Å²) in [5, 5.41) is 5.98. The number of piperidine rings is 1. The van der Waals surface area contributed by atoms with Gasteiger partial charge < -0.3 is 15.5 Å². The van der Waals surface area contributed by atoms with Gasteiger partial charge in [-0.05, 0) is 60.9 Å². The van der Waals surface area contributed by atoms with Crippen LogP contribution in [0.2, 0.25) is 0 Å². The van der Waals surface area contributed by atoms with E-state index in [-0.39, 0.29) is 5.91 Å². The number of likely N-dealkylation sites (tertiary alicyclic amines) is 1. The van der Waals surface area contributed by atoms with E-state index in [1.54, 1.807) is 19.3 Å². The van der Waals surface area contributed by atoms with Crippen molar-refractivity contribution in [2.24, 2.45) is 5.92 Å². The van der Waals surface area contributed by atoms with Gasteiger partial charge in [0.1, 0.15) is 5.82 Å². The fourth-order valence-corrected chi connectivity index (χ4v) is 2.74. The number of rotatable bonds is 4. The summed E-state index contributed by atoms with van der Waals surface area (Å²) in [4.78, 5) is 18.8. The molecule has 0 atom stereocenters. The largest absolute Gasteiger partial charge is 0.372 e. The van der Waals surface area contributed by atoms with Gasteiger partial charge in [-0.25, -0.2) is 4.98 Å². The third-order valence-electron chi connectivity index (χ3n) is 3.73. The number of nitrogens with one attached hydrogen (secondary N) is 2. The molecule has 0 unspecified atom stereocenters. The third-order valence-corrected chi connectivity index (χ3v) is 4.16. The molecule has 2 rings (SSSR count). The van der Waals surface area contributed by atoms with Crippen LogP contribution < -0.4 is 10.6 Å². The summed E-state index contributed by atoms with van der Waals surface area (Å²) >= 11 is 3.35. The highest BCUT2D eigenvalue weighted by molar-refractivity contribution is 9.10. The minimum Gasteiger partial charge on any atom is -0.372 e. The molecule has 0 aliphatic carbocycles. The Hall–Kier alpha value is -1.14. The Kier molecular flexibility index (Phi) is 5.37. The van der Waals surface area contributed by atoms with Crippen LogP contribution in [0.15, 0.2) is 16.7 Å². The molecule has 0 radical (unpaired) electrons. The molecule has 1 amide bonds. The van der Waals surface area contributed by atoms with Crippen molar-refractivity contribution in [2.45, 2.75) is 12.8 Å².